The molecule has 0 saturated carbocycles. The normalized spacial score (nSPS) is 15.9. The van der Waals surface area contributed by atoms with Crippen LogP contribution in [-0.2, 0) is 54.4 Å². The molecule has 0 bridgehead atoms. The molecule has 22 nitrogen and oxygen atoms in total. The number of carboxylic acids is 1. The number of aliphatic carboxylic acids is 1. The molecule has 1 fully saturated rings. The summed E-state index contributed by atoms with van der Waals surface area (Å²) in [5.74, 6) is -7.91. The number of phenolic OH excluding ortho intramolecular Hbond substituents is 1. The highest BCUT2D eigenvalue weighted by Crippen LogP contribution is 2.19. The summed E-state index contributed by atoms with van der Waals surface area (Å²) in [6, 6.07) is -1.15. The average Bonchev–Trinajstić information content (AvgIpc) is 3.70. The number of hydrogen-bond donors (Lipinski definition) is 11. The van der Waals surface area contributed by atoms with Gasteiger partial charge >= 0.3 is 5.97 Å². The Morgan fingerprint density at radius 1 is 0.710 bits per heavy atom. The predicted molar refractivity (Wildman–Crippen MR) is 222 cm³/mol. The van der Waals surface area contributed by atoms with E-state index in [2.05, 4.69) is 37.2 Å². The van der Waals surface area contributed by atoms with Crippen molar-refractivity contribution in [3.8, 4) is 5.75 Å². The van der Waals surface area contributed by atoms with Crippen molar-refractivity contribution >= 4 is 59.1 Å². The molecule has 1 aliphatic rings. The number of likely N-dealkylation sites (tertiary alicyclic amines) is 1. The lowest BCUT2D eigenvalue weighted by Gasteiger charge is -2.26. The first-order valence-electron chi connectivity index (χ1n) is 20.4. The minimum absolute atomic E-state index is 0.00298. The van der Waals surface area contributed by atoms with Crippen molar-refractivity contribution in [1.82, 2.24) is 42.1 Å². The Kier molecular flexibility index (Phi) is 21.3. The molecule has 2 rings (SSSR count). The third kappa shape index (κ3) is 18.1. The second kappa shape index (κ2) is 25.5. The number of primary amides is 1. The van der Waals surface area contributed by atoms with Crippen LogP contribution in [0.15, 0.2) is 24.3 Å². The zero-order valence-electron chi connectivity index (χ0n) is 35.8. The SMILES string of the molecule is CC(C)C[C@H](NC(=O)CNC(=O)[C@H](CC(C)C)NC(=O)[C@H](CCC(N)=O)NC(=O)CN)C(=O)N[C@@H](C)C(=O)NCC(=O)N1CCC[C@H]1C(=O)N[C@@H](Cc1ccc(O)cc1)C(=O)O. The van der Waals surface area contributed by atoms with Crippen LogP contribution in [0, 0.1) is 11.8 Å². The van der Waals surface area contributed by atoms with Crippen LogP contribution in [0.1, 0.15) is 78.7 Å². The largest absolute Gasteiger partial charge is 0.508 e. The first kappa shape index (κ1) is 51.8. The lowest BCUT2D eigenvalue weighted by Crippen LogP contribution is -2.57. The van der Waals surface area contributed by atoms with Gasteiger partial charge in [0, 0.05) is 19.4 Å². The van der Waals surface area contributed by atoms with Gasteiger partial charge in [0.2, 0.25) is 53.2 Å². The van der Waals surface area contributed by atoms with Crippen molar-refractivity contribution in [3.63, 3.8) is 0 Å². The Labute approximate surface area is 359 Å². The van der Waals surface area contributed by atoms with Crippen LogP contribution in [0.2, 0.25) is 0 Å². The number of aromatic hydroxyl groups is 1. The average molecular weight is 875 g/mol. The van der Waals surface area contributed by atoms with Crippen LogP contribution in [0.4, 0.5) is 0 Å². The molecule has 0 radical (unpaired) electrons. The van der Waals surface area contributed by atoms with E-state index in [1.54, 1.807) is 27.7 Å². The minimum Gasteiger partial charge on any atom is -0.508 e. The minimum atomic E-state index is -1.31. The van der Waals surface area contributed by atoms with Gasteiger partial charge in [0.15, 0.2) is 0 Å². The van der Waals surface area contributed by atoms with E-state index in [4.69, 9.17) is 11.5 Å². The second-order valence-electron chi connectivity index (χ2n) is 16.0. The third-order valence-corrected chi connectivity index (χ3v) is 9.67. The number of carboxylic acid groups (broad SMARTS) is 1. The van der Waals surface area contributed by atoms with Gasteiger partial charge in [0.25, 0.3) is 0 Å². The molecule has 0 aliphatic carbocycles. The number of carbonyl (C=O) groups is 10. The maximum atomic E-state index is 13.3. The molecule has 9 amide bonds. The van der Waals surface area contributed by atoms with Crippen molar-refractivity contribution in [1.29, 1.82) is 0 Å². The fraction of sp³-hybridized carbons (Fsp3) is 0.600. The summed E-state index contributed by atoms with van der Waals surface area (Å²) >= 11 is 0. The molecule has 13 N–H and O–H groups in total. The highest BCUT2D eigenvalue weighted by atomic mass is 16.4. The van der Waals surface area contributed by atoms with Crippen LogP contribution < -0.4 is 48.7 Å². The zero-order chi connectivity index (χ0) is 46.7. The first-order chi connectivity index (χ1) is 29.1. The Balaban J connectivity index is 1.97. The summed E-state index contributed by atoms with van der Waals surface area (Å²) in [7, 11) is 0. The van der Waals surface area contributed by atoms with Crippen LogP contribution in [0.5, 0.6) is 5.75 Å². The molecule has 1 aromatic carbocycles. The maximum Gasteiger partial charge on any atom is 0.326 e. The Morgan fingerprint density at radius 3 is 1.84 bits per heavy atom. The van der Waals surface area contributed by atoms with Crippen molar-refractivity contribution in [2.24, 2.45) is 23.3 Å². The van der Waals surface area contributed by atoms with E-state index in [9.17, 15) is 58.2 Å². The summed E-state index contributed by atoms with van der Waals surface area (Å²) in [5.41, 5.74) is 11.1. The smallest absolute Gasteiger partial charge is 0.326 e. The van der Waals surface area contributed by atoms with E-state index in [1.165, 1.54) is 36.1 Å². The molecule has 0 spiro atoms. The molecule has 1 aliphatic heterocycles. The molecule has 1 aromatic rings. The van der Waals surface area contributed by atoms with Crippen LogP contribution in [0.25, 0.3) is 0 Å². The van der Waals surface area contributed by atoms with Crippen LogP contribution in [-0.4, -0.2) is 137 Å². The third-order valence-electron chi connectivity index (χ3n) is 9.67. The van der Waals surface area contributed by atoms with E-state index in [0.29, 0.717) is 12.0 Å². The van der Waals surface area contributed by atoms with E-state index in [0.717, 1.165) is 0 Å². The second-order valence-corrected chi connectivity index (χ2v) is 16.0. The molecular formula is C40H62N10O12. The zero-order valence-corrected chi connectivity index (χ0v) is 35.8. The van der Waals surface area contributed by atoms with Crippen molar-refractivity contribution in [2.75, 3.05) is 26.2 Å². The van der Waals surface area contributed by atoms with Crippen LogP contribution >= 0.6 is 0 Å². The summed E-state index contributed by atoms with van der Waals surface area (Å²) in [6.07, 6.45) is 0.556. The van der Waals surface area contributed by atoms with Crippen LogP contribution in [0.3, 0.4) is 0 Å². The molecule has 344 valence electrons. The topological polar surface area (TPSA) is 351 Å². The number of nitrogens with two attached hydrogens (primary N) is 2. The number of amides is 9. The lowest BCUT2D eigenvalue weighted by atomic mass is 10.0. The highest BCUT2D eigenvalue weighted by Gasteiger charge is 2.36. The monoisotopic (exact) mass is 874 g/mol. The Bertz CT molecular complexity index is 1770. The predicted octanol–water partition coefficient (Wildman–Crippen LogP) is -3.00. The van der Waals surface area contributed by atoms with Crippen molar-refractivity contribution in [3.05, 3.63) is 29.8 Å². The Morgan fingerprint density at radius 2 is 1.27 bits per heavy atom. The highest BCUT2D eigenvalue weighted by molar-refractivity contribution is 5.96. The van der Waals surface area contributed by atoms with Gasteiger partial charge < -0.3 is 63.8 Å². The fourth-order valence-corrected chi connectivity index (χ4v) is 6.49. The van der Waals surface area contributed by atoms with Gasteiger partial charge in [-0.2, -0.15) is 0 Å². The quantitative estimate of drug-likeness (QED) is 0.0468. The fourth-order valence-electron chi connectivity index (χ4n) is 6.49. The van der Waals surface area contributed by atoms with Gasteiger partial charge in [0.05, 0.1) is 19.6 Å². The molecule has 0 unspecified atom stereocenters. The number of carbonyl (C=O) groups excluding carboxylic acids is 9. The standard InChI is InChI=1S/C40H62N10O12/c1-21(2)15-27(48-37(58)26(12-13-31(42)52)46-32(53)18-41)36(57)43-19-33(54)47-28(16-22(3)4)38(59)45-23(5)35(56)44-20-34(55)50-14-6-7-30(50)39(60)49-29(40(61)62)17-24-8-10-25(51)11-9-24/h8-11,21-23,26-30,51H,6-7,12-20,41H2,1-5H3,(H2,42,52)(H,43,57)(H,44,56)(H,45,59)(H,46,53)(H,47,54)(H,48,58)(H,49,60)(H,61,62)/t23-,26-,27-,28-,29-,30-/m0/s1. The van der Waals surface area contributed by atoms with Gasteiger partial charge in [0.1, 0.15) is 42.0 Å². The molecule has 0 aromatic heterocycles. The maximum absolute atomic E-state index is 13.3. The number of benzene rings is 1. The molecule has 6 atom stereocenters. The van der Waals surface area contributed by atoms with E-state index >= 15 is 0 Å². The summed E-state index contributed by atoms with van der Waals surface area (Å²) in [6.45, 7) is 7.18. The molecule has 1 heterocycles. The molecule has 22 heteroatoms. The number of nitrogens with zero attached hydrogens (tertiary/aromatic N) is 1. The number of phenols is 1. The van der Waals surface area contributed by atoms with Gasteiger partial charge in [-0.05, 0) is 68.6 Å². The number of hydrogen-bond acceptors (Lipinski definition) is 12. The number of rotatable bonds is 25. The lowest BCUT2D eigenvalue weighted by molar-refractivity contribution is -0.144. The van der Waals surface area contributed by atoms with E-state index < -0.39 is 115 Å². The summed E-state index contributed by atoms with van der Waals surface area (Å²) in [5, 5.41) is 36.6. The van der Waals surface area contributed by atoms with Gasteiger partial charge in [-0.15, -0.1) is 0 Å². The van der Waals surface area contributed by atoms with E-state index in [1.807, 2.05) is 0 Å². The van der Waals surface area contributed by atoms with Crippen molar-refractivity contribution < 1.29 is 58.2 Å². The summed E-state index contributed by atoms with van der Waals surface area (Å²) in [4.78, 5) is 128. The van der Waals surface area contributed by atoms with Crippen molar-refractivity contribution in [2.45, 2.75) is 116 Å². The number of nitrogens with one attached hydrogen (secondary N) is 7. The van der Waals surface area contributed by atoms with Gasteiger partial charge in [-0.3, -0.25) is 43.2 Å². The molecular weight excluding hydrogens is 812 g/mol. The molecule has 1 saturated heterocycles. The van der Waals surface area contributed by atoms with Gasteiger partial charge in [-0.1, -0.05) is 39.8 Å². The van der Waals surface area contributed by atoms with E-state index in [-0.39, 0.29) is 62.7 Å². The summed E-state index contributed by atoms with van der Waals surface area (Å²) < 4.78 is 0. The molecule has 62 heavy (non-hydrogen) atoms. The van der Waals surface area contributed by atoms with Gasteiger partial charge in [-0.25, -0.2) is 4.79 Å². The Hall–Kier alpha value is -6.32. The first-order valence-corrected chi connectivity index (χ1v) is 20.4.